The van der Waals surface area contributed by atoms with E-state index in [2.05, 4.69) is 27.7 Å². The first-order chi connectivity index (χ1) is 11.0. The summed E-state index contributed by atoms with van der Waals surface area (Å²) in [6.45, 7) is 1.40. The minimum absolute atomic E-state index is 0.111. The van der Waals surface area contributed by atoms with Crippen molar-refractivity contribution in [2.45, 2.75) is 12.6 Å². The summed E-state index contributed by atoms with van der Waals surface area (Å²) in [5.74, 6) is -0.232. The maximum absolute atomic E-state index is 12.9. The number of halogens is 1. The van der Waals surface area contributed by atoms with Crippen LogP contribution in [0.25, 0.3) is 0 Å². The van der Waals surface area contributed by atoms with Gasteiger partial charge in [-0.15, -0.1) is 0 Å². The molecule has 2 rings (SSSR count). The molecule has 122 valence electrons. The average Bonchev–Trinajstić information content (AvgIpc) is 2.54. The van der Waals surface area contributed by atoms with Gasteiger partial charge in [-0.3, -0.25) is 0 Å². The highest BCUT2D eigenvalue weighted by Gasteiger charge is 2.13. The van der Waals surface area contributed by atoms with Gasteiger partial charge in [-0.05, 0) is 49.6 Å². The summed E-state index contributed by atoms with van der Waals surface area (Å²) in [5, 5.41) is 7.11. The molecule has 0 fully saturated rings. The zero-order chi connectivity index (χ0) is 16.7. The van der Waals surface area contributed by atoms with Crippen LogP contribution in [0.2, 0.25) is 0 Å². The number of hydrogen-bond acceptors (Lipinski definition) is 2. The predicted octanol–water partition coefficient (Wildman–Crippen LogP) is 3.09. The van der Waals surface area contributed by atoms with Crippen molar-refractivity contribution in [3.63, 3.8) is 0 Å². The molecule has 0 amide bonds. The lowest BCUT2D eigenvalue weighted by molar-refractivity contribution is 0.362. The molecule has 0 aliphatic carbocycles. The molecule has 0 radical (unpaired) electrons. The summed E-state index contributed by atoms with van der Waals surface area (Å²) < 4.78 is 12.9. The number of rotatable bonds is 6. The van der Waals surface area contributed by atoms with Gasteiger partial charge in [-0.25, -0.2) is 4.39 Å². The van der Waals surface area contributed by atoms with Crippen molar-refractivity contribution in [2.75, 3.05) is 20.6 Å². The van der Waals surface area contributed by atoms with Crippen LogP contribution < -0.4 is 10.6 Å². The Morgan fingerprint density at radius 1 is 1.09 bits per heavy atom. The smallest absolute Gasteiger partial charge is 0.167 e. The van der Waals surface area contributed by atoms with Gasteiger partial charge in [0.1, 0.15) is 5.82 Å². The first-order valence-corrected chi connectivity index (χ1v) is 7.94. The highest BCUT2D eigenvalue weighted by molar-refractivity contribution is 7.80. The molecule has 0 unspecified atom stereocenters. The van der Waals surface area contributed by atoms with Crippen LogP contribution in [0.1, 0.15) is 17.2 Å². The van der Waals surface area contributed by atoms with Gasteiger partial charge in [0, 0.05) is 13.1 Å². The van der Waals surface area contributed by atoms with Crippen LogP contribution in [0.5, 0.6) is 0 Å². The Bertz CT molecular complexity index is 614. The maximum atomic E-state index is 12.9. The monoisotopic (exact) mass is 331 g/mol. The molecule has 0 bridgehead atoms. The number of nitrogens with one attached hydrogen (secondary N) is 2. The Hall–Kier alpha value is -1.98. The Labute approximate surface area is 142 Å². The lowest BCUT2D eigenvalue weighted by Gasteiger charge is -2.24. The second-order valence-electron chi connectivity index (χ2n) is 5.68. The van der Waals surface area contributed by atoms with Gasteiger partial charge in [0.2, 0.25) is 0 Å². The van der Waals surface area contributed by atoms with Crippen LogP contribution in [0.15, 0.2) is 54.6 Å². The lowest BCUT2D eigenvalue weighted by atomic mass is 10.1. The van der Waals surface area contributed by atoms with Crippen molar-refractivity contribution >= 4 is 17.3 Å². The van der Waals surface area contributed by atoms with E-state index in [1.165, 1.54) is 17.7 Å². The largest absolute Gasteiger partial charge is 0.359 e. The molecular formula is C18H22FN3S. The molecule has 2 aromatic carbocycles. The van der Waals surface area contributed by atoms with Gasteiger partial charge in [-0.2, -0.15) is 0 Å². The molecule has 0 aromatic heterocycles. The zero-order valence-corrected chi connectivity index (χ0v) is 14.2. The van der Waals surface area contributed by atoms with E-state index in [1.807, 2.05) is 32.3 Å². The second kappa shape index (κ2) is 8.60. The fourth-order valence-electron chi connectivity index (χ4n) is 2.28. The molecule has 23 heavy (non-hydrogen) atoms. The fourth-order valence-corrected chi connectivity index (χ4v) is 2.49. The quantitative estimate of drug-likeness (QED) is 0.796. The van der Waals surface area contributed by atoms with Gasteiger partial charge >= 0.3 is 0 Å². The molecule has 3 nitrogen and oxygen atoms in total. The van der Waals surface area contributed by atoms with Gasteiger partial charge in [-0.1, -0.05) is 42.5 Å². The van der Waals surface area contributed by atoms with Gasteiger partial charge < -0.3 is 15.5 Å². The van der Waals surface area contributed by atoms with E-state index >= 15 is 0 Å². The number of likely N-dealkylation sites (N-methyl/N-ethyl adjacent to an activating group) is 1. The minimum Gasteiger partial charge on any atom is -0.359 e. The third-order valence-electron chi connectivity index (χ3n) is 3.42. The number of thiocarbonyl (C=S) groups is 1. The third kappa shape index (κ3) is 5.96. The fraction of sp³-hybridized carbons (Fsp3) is 0.278. The topological polar surface area (TPSA) is 27.3 Å². The van der Waals surface area contributed by atoms with E-state index < -0.39 is 0 Å². The van der Waals surface area contributed by atoms with Gasteiger partial charge in [0.25, 0.3) is 0 Å². The van der Waals surface area contributed by atoms with Crippen molar-refractivity contribution in [1.82, 2.24) is 15.5 Å². The van der Waals surface area contributed by atoms with E-state index in [1.54, 1.807) is 12.1 Å². The van der Waals surface area contributed by atoms with Crippen LogP contribution in [0, 0.1) is 5.82 Å². The molecule has 2 aromatic rings. The Kier molecular flexibility index (Phi) is 6.50. The highest BCUT2D eigenvalue weighted by atomic mass is 32.1. The van der Waals surface area contributed by atoms with Crippen LogP contribution in [-0.2, 0) is 6.54 Å². The van der Waals surface area contributed by atoms with Crippen molar-refractivity contribution in [2.24, 2.45) is 0 Å². The zero-order valence-electron chi connectivity index (χ0n) is 13.4. The number of nitrogens with zero attached hydrogens (tertiary/aromatic N) is 1. The second-order valence-corrected chi connectivity index (χ2v) is 6.09. The normalized spacial score (nSPS) is 12.0. The molecule has 0 heterocycles. The molecule has 0 aliphatic rings. The van der Waals surface area contributed by atoms with Crippen molar-refractivity contribution in [3.05, 3.63) is 71.5 Å². The molecule has 2 N–H and O–H groups in total. The maximum Gasteiger partial charge on any atom is 0.167 e. The summed E-state index contributed by atoms with van der Waals surface area (Å²) in [6.07, 6.45) is 0. The Balaban J connectivity index is 1.93. The lowest BCUT2D eigenvalue weighted by Crippen LogP contribution is -2.41. The average molecular weight is 331 g/mol. The van der Waals surface area contributed by atoms with Crippen LogP contribution in [0.4, 0.5) is 4.39 Å². The van der Waals surface area contributed by atoms with Crippen LogP contribution in [0.3, 0.4) is 0 Å². The standard InChI is InChI=1S/C18H22FN3S/c1-22(2)13-17(15-6-4-3-5-7-15)21-18(23)20-12-14-8-10-16(19)11-9-14/h3-11,17H,12-13H2,1-2H3,(H2,20,21,23)/t17-/m1/s1. The van der Waals surface area contributed by atoms with Gasteiger partial charge in [0.05, 0.1) is 6.04 Å². The van der Waals surface area contributed by atoms with Gasteiger partial charge in [0.15, 0.2) is 5.11 Å². The van der Waals surface area contributed by atoms with Crippen molar-refractivity contribution in [3.8, 4) is 0 Å². The summed E-state index contributed by atoms with van der Waals surface area (Å²) in [4.78, 5) is 2.12. The van der Waals surface area contributed by atoms with Crippen molar-refractivity contribution < 1.29 is 4.39 Å². The number of hydrogen-bond donors (Lipinski definition) is 2. The third-order valence-corrected chi connectivity index (χ3v) is 3.68. The molecule has 0 saturated carbocycles. The molecule has 0 saturated heterocycles. The molecule has 0 spiro atoms. The molecule has 5 heteroatoms. The highest BCUT2D eigenvalue weighted by Crippen LogP contribution is 2.13. The summed E-state index contributed by atoms with van der Waals surface area (Å²) in [5.41, 5.74) is 2.17. The predicted molar refractivity (Wildman–Crippen MR) is 96.7 cm³/mol. The summed E-state index contributed by atoms with van der Waals surface area (Å²) in [7, 11) is 4.07. The molecule has 0 aliphatic heterocycles. The first-order valence-electron chi connectivity index (χ1n) is 7.53. The van der Waals surface area contributed by atoms with Crippen LogP contribution in [-0.4, -0.2) is 30.7 Å². The molecule has 1 atom stereocenters. The molecular weight excluding hydrogens is 309 g/mol. The Morgan fingerprint density at radius 2 is 1.74 bits per heavy atom. The minimum atomic E-state index is -0.232. The van der Waals surface area contributed by atoms with E-state index in [0.717, 1.165) is 12.1 Å². The van der Waals surface area contributed by atoms with Crippen molar-refractivity contribution in [1.29, 1.82) is 0 Å². The SMILES string of the molecule is CN(C)C[C@@H](NC(=S)NCc1ccc(F)cc1)c1ccccc1. The summed E-state index contributed by atoms with van der Waals surface area (Å²) >= 11 is 5.39. The van der Waals surface area contributed by atoms with E-state index in [4.69, 9.17) is 12.2 Å². The number of benzene rings is 2. The van der Waals surface area contributed by atoms with Crippen LogP contribution >= 0.6 is 12.2 Å². The van der Waals surface area contributed by atoms with E-state index in [9.17, 15) is 4.39 Å². The summed E-state index contributed by atoms with van der Waals surface area (Å²) in [6, 6.07) is 16.7. The Morgan fingerprint density at radius 3 is 2.35 bits per heavy atom. The van der Waals surface area contributed by atoms with E-state index in [-0.39, 0.29) is 11.9 Å². The van der Waals surface area contributed by atoms with E-state index in [0.29, 0.717) is 11.7 Å². The first kappa shape index (κ1) is 17.4.